The zero-order chi connectivity index (χ0) is 15.8. The van der Waals surface area contributed by atoms with Crippen molar-refractivity contribution < 1.29 is 27.9 Å². The third-order valence-electron chi connectivity index (χ3n) is 3.27. The molecule has 1 atom stereocenters. The normalized spacial score (nSPS) is 18.1. The highest BCUT2D eigenvalue weighted by Crippen LogP contribution is 2.35. The van der Waals surface area contributed by atoms with Gasteiger partial charge in [0.15, 0.2) is 15.9 Å². The van der Waals surface area contributed by atoms with Crippen LogP contribution < -0.4 is 9.64 Å². The summed E-state index contributed by atoms with van der Waals surface area (Å²) in [5.74, 6) is -1.42. The van der Waals surface area contributed by atoms with E-state index in [1.54, 1.807) is 0 Å². The molecule has 0 radical (unpaired) electrons. The number of hydrogen-bond donors (Lipinski definition) is 1. The summed E-state index contributed by atoms with van der Waals surface area (Å²) in [7, 11) is -1.93. The molecule has 114 valence electrons. The number of aliphatic carboxylic acids is 1. The van der Waals surface area contributed by atoms with E-state index in [-0.39, 0.29) is 10.6 Å². The maximum atomic E-state index is 12.0. The van der Waals surface area contributed by atoms with E-state index >= 15 is 0 Å². The Labute approximate surface area is 122 Å². The van der Waals surface area contributed by atoms with Crippen molar-refractivity contribution >= 4 is 27.4 Å². The van der Waals surface area contributed by atoms with E-state index in [2.05, 4.69) is 0 Å². The van der Waals surface area contributed by atoms with Crippen molar-refractivity contribution in [1.82, 2.24) is 0 Å². The number of carboxylic acids is 1. The largest absolute Gasteiger partial charge is 0.481 e. The van der Waals surface area contributed by atoms with Gasteiger partial charge in [-0.05, 0) is 18.2 Å². The highest BCUT2D eigenvalue weighted by atomic mass is 32.2. The Morgan fingerprint density at radius 3 is 2.67 bits per heavy atom. The van der Waals surface area contributed by atoms with Crippen LogP contribution in [0, 0.1) is 0 Å². The van der Waals surface area contributed by atoms with E-state index in [1.165, 1.54) is 37.1 Å². The summed E-state index contributed by atoms with van der Waals surface area (Å²) in [6.45, 7) is 1.53. The Kier molecular flexibility index (Phi) is 3.91. The van der Waals surface area contributed by atoms with E-state index in [0.29, 0.717) is 11.4 Å². The monoisotopic (exact) mass is 313 g/mol. The zero-order valence-corrected chi connectivity index (χ0v) is 12.4. The van der Waals surface area contributed by atoms with Gasteiger partial charge in [-0.15, -0.1) is 0 Å². The molecule has 1 aromatic rings. The van der Waals surface area contributed by atoms with Crippen molar-refractivity contribution in [3.05, 3.63) is 18.2 Å². The average molecular weight is 313 g/mol. The Morgan fingerprint density at radius 1 is 1.43 bits per heavy atom. The minimum Gasteiger partial charge on any atom is -0.481 e. The third kappa shape index (κ3) is 2.85. The van der Waals surface area contributed by atoms with E-state index < -0.39 is 34.2 Å². The van der Waals surface area contributed by atoms with Gasteiger partial charge in [0.25, 0.3) is 5.91 Å². The van der Waals surface area contributed by atoms with Gasteiger partial charge in [0.05, 0.1) is 22.8 Å². The Bertz CT molecular complexity index is 697. The average Bonchev–Trinajstić information content (AvgIpc) is 2.43. The topological polar surface area (TPSA) is 101 Å². The van der Waals surface area contributed by atoms with Crippen LogP contribution in [0.1, 0.15) is 13.3 Å². The van der Waals surface area contributed by atoms with Crippen molar-refractivity contribution in [3.8, 4) is 5.75 Å². The lowest BCUT2D eigenvalue weighted by Gasteiger charge is -2.31. The molecule has 0 saturated carbocycles. The van der Waals surface area contributed by atoms with E-state index in [9.17, 15) is 18.0 Å². The summed E-state index contributed by atoms with van der Waals surface area (Å²) in [5, 5.41) is 8.77. The summed E-state index contributed by atoms with van der Waals surface area (Å²) >= 11 is 0. The number of carbonyl (C=O) groups is 2. The number of ether oxygens (including phenoxy) is 1. The number of hydrogen-bond acceptors (Lipinski definition) is 5. The molecule has 1 amide bonds. The van der Waals surface area contributed by atoms with Crippen molar-refractivity contribution in [1.29, 1.82) is 0 Å². The number of rotatable bonds is 4. The maximum absolute atomic E-state index is 12.0. The quantitative estimate of drug-likeness (QED) is 0.877. The van der Waals surface area contributed by atoms with Crippen LogP contribution >= 0.6 is 0 Å². The van der Waals surface area contributed by atoms with Gasteiger partial charge in [0.1, 0.15) is 5.75 Å². The summed E-state index contributed by atoms with van der Waals surface area (Å²) in [6, 6.07) is 4.19. The lowest BCUT2D eigenvalue weighted by Crippen LogP contribution is -2.44. The smallest absolute Gasteiger partial charge is 0.307 e. The van der Waals surface area contributed by atoms with Crippen LogP contribution in [-0.2, 0) is 19.4 Å². The van der Waals surface area contributed by atoms with E-state index in [0.717, 1.165) is 0 Å². The molecule has 1 aliphatic heterocycles. The SMILES string of the molecule is CCS(=O)(=O)c1ccc2c(c1)N(C)C(=O)C(CC(=O)O)O2. The minimum atomic E-state index is -3.39. The first-order valence-electron chi connectivity index (χ1n) is 6.29. The second-order valence-corrected chi connectivity index (χ2v) is 6.91. The van der Waals surface area contributed by atoms with Crippen molar-refractivity contribution in [3.63, 3.8) is 0 Å². The summed E-state index contributed by atoms with van der Waals surface area (Å²) in [4.78, 5) is 24.1. The molecule has 1 heterocycles. The molecule has 8 heteroatoms. The van der Waals surface area contributed by atoms with Crippen molar-refractivity contribution in [2.45, 2.75) is 24.3 Å². The number of likely N-dealkylation sites (N-methyl/N-ethyl adjacent to an activating group) is 1. The first kappa shape index (κ1) is 15.3. The summed E-state index contributed by atoms with van der Waals surface area (Å²) in [5.41, 5.74) is 0.316. The second kappa shape index (κ2) is 5.36. The van der Waals surface area contributed by atoms with Gasteiger partial charge in [-0.25, -0.2) is 8.42 Å². The number of amides is 1. The van der Waals surface area contributed by atoms with Gasteiger partial charge in [0.2, 0.25) is 0 Å². The van der Waals surface area contributed by atoms with Gasteiger partial charge < -0.3 is 14.7 Å². The molecule has 0 bridgehead atoms. The molecule has 1 N–H and O–H groups in total. The molecule has 0 aliphatic carbocycles. The fourth-order valence-electron chi connectivity index (χ4n) is 2.05. The van der Waals surface area contributed by atoms with Crippen LogP contribution in [-0.4, -0.2) is 44.3 Å². The number of benzene rings is 1. The molecular formula is C13H15NO6S. The Morgan fingerprint density at radius 2 is 2.10 bits per heavy atom. The number of carboxylic acid groups (broad SMARTS) is 1. The molecule has 1 unspecified atom stereocenters. The van der Waals surface area contributed by atoms with Crippen LogP contribution in [0.5, 0.6) is 5.75 Å². The Balaban J connectivity index is 2.43. The molecule has 1 aliphatic rings. The van der Waals surface area contributed by atoms with Crippen LogP contribution in [0.15, 0.2) is 23.1 Å². The molecule has 1 aromatic carbocycles. The van der Waals surface area contributed by atoms with Gasteiger partial charge in [0, 0.05) is 7.05 Å². The van der Waals surface area contributed by atoms with Gasteiger partial charge >= 0.3 is 5.97 Å². The predicted molar refractivity (Wildman–Crippen MR) is 74.2 cm³/mol. The molecular weight excluding hydrogens is 298 g/mol. The first-order valence-corrected chi connectivity index (χ1v) is 7.94. The number of nitrogens with zero attached hydrogens (tertiary/aromatic N) is 1. The summed E-state index contributed by atoms with van der Waals surface area (Å²) < 4.78 is 29.1. The first-order chi connectivity index (χ1) is 9.76. The van der Waals surface area contributed by atoms with E-state index in [1.807, 2.05) is 0 Å². The maximum Gasteiger partial charge on any atom is 0.307 e. The molecule has 0 spiro atoms. The van der Waals surface area contributed by atoms with Gasteiger partial charge in [-0.2, -0.15) is 0 Å². The van der Waals surface area contributed by atoms with Crippen LogP contribution in [0.4, 0.5) is 5.69 Å². The van der Waals surface area contributed by atoms with Crippen LogP contribution in [0.3, 0.4) is 0 Å². The molecule has 7 nitrogen and oxygen atoms in total. The van der Waals surface area contributed by atoms with Crippen LogP contribution in [0.25, 0.3) is 0 Å². The van der Waals surface area contributed by atoms with Crippen molar-refractivity contribution in [2.24, 2.45) is 0 Å². The van der Waals surface area contributed by atoms with Crippen LogP contribution in [0.2, 0.25) is 0 Å². The molecule has 2 rings (SSSR count). The molecule has 0 aromatic heterocycles. The minimum absolute atomic E-state index is 0.0497. The second-order valence-electron chi connectivity index (χ2n) is 4.63. The van der Waals surface area contributed by atoms with Crippen molar-refractivity contribution in [2.75, 3.05) is 17.7 Å². The lowest BCUT2D eigenvalue weighted by molar-refractivity contribution is -0.142. The fourth-order valence-corrected chi connectivity index (χ4v) is 2.94. The fraction of sp³-hybridized carbons (Fsp3) is 0.385. The zero-order valence-electron chi connectivity index (χ0n) is 11.6. The lowest BCUT2D eigenvalue weighted by atomic mass is 10.1. The van der Waals surface area contributed by atoms with Gasteiger partial charge in [-0.1, -0.05) is 6.92 Å². The van der Waals surface area contributed by atoms with E-state index in [4.69, 9.17) is 9.84 Å². The number of sulfone groups is 1. The summed E-state index contributed by atoms with van der Waals surface area (Å²) in [6.07, 6.45) is -1.55. The standard InChI is InChI=1S/C13H15NO6S/c1-3-21(18,19)8-4-5-10-9(6-8)14(2)13(17)11(20-10)7-12(15)16/h4-6,11H,3,7H2,1-2H3,(H,15,16). The molecule has 21 heavy (non-hydrogen) atoms. The number of carbonyl (C=O) groups excluding carboxylic acids is 1. The third-order valence-corrected chi connectivity index (χ3v) is 5.00. The number of anilines is 1. The highest BCUT2D eigenvalue weighted by Gasteiger charge is 2.34. The highest BCUT2D eigenvalue weighted by molar-refractivity contribution is 7.91. The predicted octanol–water partition coefficient (Wildman–Crippen LogP) is 0.679. The Hall–Kier alpha value is -2.09. The molecule has 0 fully saturated rings. The molecule has 0 saturated heterocycles. The van der Waals surface area contributed by atoms with Gasteiger partial charge in [-0.3, -0.25) is 9.59 Å². The number of fused-ring (bicyclic) bond motifs is 1.